The highest BCUT2D eigenvalue weighted by Gasteiger charge is 2.11. The van der Waals surface area contributed by atoms with E-state index in [2.05, 4.69) is 11.9 Å². The highest BCUT2D eigenvalue weighted by atomic mass is 16.6. The lowest BCUT2D eigenvalue weighted by molar-refractivity contribution is -0.384. The van der Waals surface area contributed by atoms with Gasteiger partial charge in [-0.2, -0.15) is 0 Å². The number of rotatable bonds is 4. The topological polar surface area (TPSA) is 57.2 Å². The maximum absolute atomic E-state index is 10.5. The summed E-state index contributed by atoms with van der Waals surface area (Å²) in [6.45, 7) is 3.88. The van der Waals surface area contributed by atoms with Gasteiger partial charge in [-0.25, -0.2) is 0 Å². The van der Waals surface area contributed by atoms with E-state index in [1.807, 2.05) is 0 Å². The Morgan fingerprint density at radius 3 is 3.08 bits per heavy atom. The number of nitrogens with zero attached hydrogens (tertiary/aromatic N) is 2. The molecular weight excluding hydrogens is 170 g/mol. The summed E-state index contributed by atoms with van der Waals surface area (Å²) in [4.78, 5) is 10.1. The van der Waals surface area contributed by atoms with Crippen molar-refractivity contribution in [2.75, 3.05) is 6.54 Å². The molecule has 0 spiro atoms. The molecule has 0 amide bonds. The zero-order chi connectivity index (χ0) is 9.68. The van der Waals surface area contributed by atoms with E-state index in [-0.39, 0.29) is 5.69 Å². The van der Waals surface area contributed by atoms with Crippen molar-refractivity contribution in [3.63, 3.8) is 0 Å². The molecule has 0 aliphatic heterocycles. The molecule has 1 radical (unpaired) electrons. The summed E-state index contributed by atoms with van der Waals surface area (Å²) in [5, 5.41) is 14.5. The van der Waals surface area contributed by atoms with Crippen molar-refractivity contribution in [2.45, 2.75) is 0 Å². The Balaban J connectivity index is 2.90. The van der Waals surface area contributed by atoms with Crippen molar-refractivity contribution in [3.8, 4) is 0 Å². The van der Waals surface area contributed by atoms with Gasteiger partial charge in [0.25, 0.3) is 5.69 Å². The molecule has 0 aliphatic rings. The van der Waals surface area contributed by atoms with Crippen molar-refractivity contribution >= 4 is 11.4 Å². The average molecular weight is 179 g/mol. The molecule has 0 atom stereocenters. The molecule has 0 aromatic heterocycles. The van der Waals surface area contributed by atoms with E-state index in [4.69, 9.17) is 0 Å². The van der Waals surface area contributed by atoms with Gasteiger partial charge < -0.3 is 0 Å². The van der Waals surface area contributed by atoms with Gasteiger partial charge in [-0.1, -0.05) is 18.2 Å². The number of nitro benzene ring substituents is 1. The quantitative estimate of drug-likeness (QED) is 0.403. The zero-order valence-electron chi connectivity index (χ0n) is 7.01. The maximum atomic E-state index is 10.5. The lowest BCUT2D eigenvalue weighted by Crippen LogP contribution is -2.00. The summed E-state index contributed by atoms with van der Waals surface area (Å²) in [5.41, 5.74) is 0.428. The summed E-state index contributed by atoms with van der Waals surface area (Å²) < 4.78 is 0. The predicted molar refractivity (Wildman–Crippen MR) is 50.0 cm³/mol. The van der Waals surface area contributed by atoms with Gasteiger partial charge in [0, 0.05) is 6.07 Å². The summed E-state index contributed by atoms with van der Waals surface area (Å²) in [6, 6.07) is 6.38. The molecule has 1 aromatic rings. The second kappa shape index (κ2) is 4.25. The van der Waals surface area contributed by atoms with Crippen LogP contribution >= 0.6 is 0 Å². The van der Waals surface area contributed by atoms with Gasteiger partial charge in [-0.05, 0) is 6.07 Å². The standard InChI is InChI=1S/C9H9N2O2/c1-2-7-10-8-5-3-4-6-9(8)11(12)13/h2-6H,1,7H2/i8+2. The third kappa shape index (κ3) is 2.30. The highest BCUT2D eigenvalue weighted by molar-refractivity contribution is 5.55. The van der Waals surface area contributed by atoms with Crippen LogP contribution in [0.3, 0.4) is 0 Å². The average Bonchev–Trinajstić information content (AvgIpc) is 2.15. The van der Waals surface area contributed by atoms with Gasteiger partial charge in [0.05, 0.1) is 11.5 Å². The number of para-hydroxylation sites is 2. The van der Waals surface area contributed by atoms with Crippen molar-refractivity contribution in [2.24, 2.45) is 0 Å². The largest absolute Gasteiger partial charge is 0.294 e. The number of benzene rings is 1. The van der Waals surface area contributed by atoms with Crippen LogP contribution < -0.4 is 5.32 Å². The predicted octanol–water partition coefficient (Wildman–Crippen LogP) is 2.02. The van der Waals surface area contributed by atoms with Crippen LogP contribution in [0.15, 0.2) is 36.9 Å². The second-order valence-corrected chi connectivity index (χ2v) is 2.38. The third-order valence-corrected chi connectivity index (χ3v) is 1.47. The maximum Gasteiger partial charge on any atom is 0.294 e. The molecule has 4 nitrogen and oxygen atoms in total. The molecule has 0 heterocycles. The van der Waals surface area contributed by atoms with E-state index in [1.54, 1.807) is 24.3 Å². The molecule has 0 unspecified atom stereocenters. The fourth-order valence-corrected chi connectivity index (χ4v) is 0.915. The smallest absolute Gasteiger partial charge is 0.274 e. The fraction of sp³-hybridized carbons (Fsp3) is 0.111. The van der Waals surface area contributed by atoms with Crippen molar-refractivity contribution in [1.29, 1.82) is 0 Å². The molecular formula is C9H9N2O2. The summed E-state index contributed by atoms with van der Waals surface area (Å²) in [6.07, 6.45) is 1.59. The minimum Gasteiger partial charge on any atom is -0.274 e. The molecule has 4 heteroatoms. The van der Waals surface area contributed by atoms with Crippen molar-refractivity contribution in [3.05, 3.63) is 47.0 Å². The highest BCUT2D eigenvalue weighted by Crippen LogP contribution is 2.22. The lowest BCUT2D eigenvalue weighted by Gasteiger charge is -1.99. The number of hydrogen-bond acceptors (Lipinski definition) is 2. The molecule has 1 rings (SSSR count). The van der Waals surface area contributed by atoms with Gasteiger partial charge in [-0.15, -0.1) is 6.58 Å². The van der Waals surface area contributed by atoms with Crippen molar-refractivity contribution in [1.82, 2.24) is 5.32 Å². The minimum absolute atomic E-state index is 0.0318. The van der Waals surface area contributed by atoms with E-state index in [9.17, 15) is 10.1 Å². The number of hydrogen-bond donors (Lipinski definition) is 0. The molecule has 13 heavy (non-hydrogen) atoms. The van der Waals surface area contributed by atoms with Crippen LogP contribution in [0, 0.1) is 10.1 Å². The number of nitro groups is 1. The van der Waals surface area contributed by atoms with E-state index in [1.165, 1.54) is 6.07 Å². The second-order valence-electron chi connectivity index (χ2n) is 2.38. The van der Waals surface area contributed by atoms with Gasteiger partial charge in [0.2, 0.25) is 0 Å². The van der Waals surface area contributed by atoms with Gasteiger partial charge in [-0.3, -0.25) is 15.4 Å². The van der Waals surface area contributed by atoms with Crippen LogP contribution in [-0.4, -0.2) is 11.5 Å². The Kier molecular flexibility index (Phi) is 3.03. The third-order valence-electron chi connectivity index (χ3n) is 1.47. The Labute approximate surface area is 76.0 Å². The van der Waals surface area contributed by atoms with E-state index in [0.717, 1.165) is 0 Å². The van der Waals surface area contributed by atoms with Crippen molar-refractivity contribution < 1.29 is 4.92 Å². The Morgan fingerprint density at radius 2 is 2.46 bits per heavy atom. The molecule has 67 valence electrons. The Bertz CT molecular complexity index is 323. The monoisotopic (exact) mass is 179 g/mol. The summed E-state index contributed by atoms with van der Waals surface area (Å²) >= 11 is 0. The molecule has 0 fully saturated rings. The Morgan fingerprint density at radius 1 is 1.69 bits per heavy atom. The van der Waals surface area contributed by atoms with E-state index < -0.39 is 4.92 Å². The van der Waals surface area contributed by atoms with Gasteiger partial charge in [0.1, 0.15) is 5.69 Å². The van der Waals surface area contributed by atoms with Crippen LogP contribution in [0.4, 0.5) is 11.4 Å². The molecule has 0 aliphatic carbocycles. The molecule has 0 saturated heterocycles. The van der Waals surface area contributed by atoms with Gasteiger partial charge in [0.15, 0.2) is 0 Å². The minimum atomic E-state index is -0.443. The molecule has 0 bridgehead atoms. The molecule has 0 saturated carbocycles. The lowest BCUT2D eigenvalue weighted by atomic mass is 10.5. The first kappa shape index (κ1) is 9.25. The first-order valence-electron chi connectivity index (χ1n) is 3.77. The van der Waals surface area contributed by atoms with Crippen LogP contribution in [0.2, 0.25) is 0 Å². The SMILES string of the molecule is C=CC[N][14c]1ccccc1[N+](=O)[O-]. The zero-order valence-corrected chi connectivity index (χ0v) is 7.01. The first-order valence-corrected chi connectivity index (χ1v) is 3.77. The van der Waals surface area contributed by atoms with Crippen LogP contribution in [-0.2, 0) is 0 Å². The van der Waals surface area contributed by atoms with Crippen LogP contribution in [0.25, 0.3) is 0 Å². The van der Waals surface area contributed by atoms with Crippen LogP contribution in [0.1, 0.15) is 0 Å². The van der Waals surface area contributed by atoms with E-state index in [0.29, 0.717) is 12.2 Å². The Hall–Kier alpha value is -1.84. The van der Waals surface area contributed by atoms with Gasteiger partial charge >= 0.3 is 0 Å². The first-order chi connectivity index (χ1) is 6.25. The fourth-order valence-electron chi connectivity index (χ4n) is 0.915. The normalized spacial score (nSPS) is 9.23. The van der Waals surface area contributed by atoms with Crippen LogP contribution in [0.5, 0.6) is 0 Å². The molecule has 1 aromatic carbocycles. The summed E-state index contributed by atoms with van der Waals surface area (Å²) in [7, 11) is 0. The molecule has 0 N–H and O–H groups in total. The summed E-state index contributed by atoms with van der Waals surface area (Å²) in [5.74, 6) is 0. The van der Waals surface area contributed by atoms with E-state index >= 15 is 0 Å².